The summed E-state index contributed by atoms with van der Waals surface area (Å²) in [6.07, 6.45) is 4.14. The van der Waals surface area contributed by atoms with Crippen molar-refractivity contribution in [2.45, 2.75) is 31.2 Å². The Morgan fingerprint density at radius 3 is 2.59 bits per heavy atom. The zero-order chi connectivity index (χ0) is 24.1. The summed E-state index contributed by atoms with van der Waals surface area (Å²) in [7, 11) is 0. The van der Waals surface area contributed by atoms with Gasteiger partial charge in [0.15, 0.2) is 0 Å². The summed E-state index contributed by atoms with van der Waals surface area (Å²) in [6, 6.07) is 9.70. The number of nitrogens with zero attached hydrogens (tertiary/aromatic N) is 3. The van der Waals surface area contributed by atoms with E-state index in [2.05, 4.69) is 11.7 Å². The summed E-state index contributed by atoms with van der Waals surface area (Å²) in [5.74, 6) is -0.403. The Hall–Kier alpha value is -3.65. The molecule has 4 aromatic rings. The maximum atomic E-state index is 14.6. The molecule has 1 N–H and O–H groups in total. The minimum Gasteiger partial charge on any atom is -0.372 e. The highest BCUT2D eigenvalue weighted by Gasteiger charge is 2.58. The molecule has 1 atom stereocenters. The van der Waals surface area contributed by atoms with Crippen molar-refractivity contribution in [1.82, 2.24) is 14.3 Å². The molecule has 1 aliphatic carbocycles. The zero-order valence-electron chi connectivity index (χ0n) is 18.1. The Labute approximate surface area is 193 Å². The summed E-state index contributed by atoms with van der Waals surface area (Å²) >= 11 is 0. The molecule has 174 valence electrons. The van der Waals surface area contributed by atoms with Crippen LogP contribution in [-0.4, -0.2) is 25.6 Å². The number of hydrogen-bond acceptors (Lipinski definition) is 2. The molecule has 0 saturated carbocycles. The average molecular weight is 467 g/mol. The number of hydrogen-bond donors (Lipinski definition) is 1. The number of aromatic nitrogens is 3. The first-order chi connectivity index (χ1) is 16.2. The topological polar surface area (TPSA) is 43.0 Å². The molecule has 2 aromatic heterocycles. The second-order valence-corrected chi connectivity index (χ2v) is 8.30. The number of fused-ring (bicyclic) bond motifs is 2. The molecule has 0 saturated heterocycles. The number of aliphatic hydroxyl groups is 1. The first-order valence-electron chi connectivity index (χ1n) is 10.8. The maximum Gasteiger partial charge on any atom is 0.425 e. The molecule has 2 aromatic carbocycles. The maximum absolute atomic E-state index is 14.6. The van der Waals surface area contributed by atoms with Crippen LogP contribution in [0.1, 0.15) is 28.8 Å². The highest BCUT2D eigenvalue weighted by atomic mass is 19.4. The minimum atomic E-state index is -4.97. The molecule has 0 amide bonds. The molecule has 0 bridgehead atoms. The lowest BCUT2D eigenvalue weighted by Gasteiger charge is -2.32. The van der Waals surface area contributed by atoms with E-state index < -0.39 is 17.6 Å². The molecule has 4 nitrogen and oxygen atoms in total. The summed E-state index contributed by atoms with van der Waals surface area (Å²) in [5, 5.41) is 16.1. The van der Waals surface area contributed by atoms with Crippen molar-refractivity contribution >= 4 is 17.0 Å². The van der Waals surface area contributed by atoms with Gasteiger partial charge in [-0.3, -0.25) is 0 Å². The van der Waals surface area contributed by atoms with Gasteiger partial charge in [-0.1, -0.05) is 18.2 Å². The van der Waals surface area contributed by atoms with Crippen molar-refractivity contribution in [3.63, 3.8) is 0 Å². The third-order valence-electron chi connectivity index (χ3n) is 6.25. The normalized spacial score (nSPS) is 15.3. The molecule has 8 heteroatoms. The van der Waals surface area contributed by atoms with Crippen molar-refractivity contribution in [3.05, 3.63) is 102 Å². The van der Waals surface area contributed by atoms with E-state index in [0.29, 0.717) is 47.2 Å². The number of allylic oxidation sites excluding steroid dienone is 2. The zero-order valence-corrected chi connectivity index (χ0v) is 18.1. The van der Waals surface area contributed by atoms with Crippen LogP contribution in [0.25, 0.3) is 22.7 Å². The van der Waals surface area contributed by atoms with Crippen LogP contribution in [0.15, 0.2) is 73.6 Å². The van der Waals surface area contributed by atoms with Gasteiger partial charge < -0.3 is 9.67 Å². The summed E-state index contributed by atoms with van der Waals surface area (Å²) in [4.78, 5) is 0. The standard InChI is InChI=1S/C26H21F4N3O/c1-2-13-32-16-22(21-5-3-4-6-24(21)32)25(34,26(28,29)30)18-7-12-23-17(14-18)15-31-33(23)20-10-8-19(27)9-11-20/h2,4,6-12,14-16,34H,1,3,5,13H2. The van der Waals surface area contributed by atoms with E-state index in [4.69, 9.17) is 0 Å². The van der Waals surface area contributed by atoms with Crippen LogP contribution in [-0.2, 0) is 18.6 Å². The van der Waals surface area contributed by atoms with E-state index >= 15 is 0 Å². The summed E-state index contributed by atoms with van der Waals surface area (Å²) in [6.45, 7) is 4.01. The number of benzene rings is 2. The van der Waals surface area contributed by atoms with Gasteiger partial charge in [0.2, 0.25) is 5.60 Å². The van der Waals surface area contributed by atoms with E-state index in [1.54, 1.807) is 16.7 Å². The molecule has 0 fully saturated rings. The predicted octanol–water partition coefficient (Wildman–Crippen LogP) is 5.91. The average Bonchev–Trinajstić information content (AvgIpc) is 3.40. The second-order valence-electron chi connectivity index (χ2n) is 8.30. The fourth-order valence-corrected chi connectivity index (χ4v) is 4.62. The quantitative estimate of drug-likeness (QED) is 0.293. The fraction of sp³-hybridized carbons (Fsp3) is 0.192. The fourth-order valence-electron chi connectivity index (χ4n) is 4.62. The molecule has 1 aliphatic rings. The van der Waals surface area contributed by atoms with E-state index in [9.17, 15) is 22.7 Å². The van der Waals surface area contributed by atoms with Crippen LogP contribution in [0, 0.1) is 5.82 Å². The monoisotopic (exact) mass is 467 g/mol. The van der Waals surface area contributed by atoms with Crippen LogP contribution >= 0.6 is 0 Å². The Morgan fingerprint density at radius 1 is 1.12 bits per heavy atom. The Bertz CT molecular complexity index is 1410. The predicted molar refractivity (Wildman–Crippen MR) is 122 cm³/mol. The van der Waals surface area contributed by atoms with Gasteiger partial charge in [0, 0.05) is 29.4 Å². The smallest absolute Gasteiger partial charge is 0.372 e. The van der Waals surface area contributed by atoms with Crippen molar-refractivity contribution < 1.29 is 22.7 Å². The van der Waals surface area contributed by atoms with Gasteiger partial charge in [0.25, 0.3) is 0 Å². The summed E-state index contributed by atoms with van der Waals surface area (Å²) in [5.41, 5.74) is -1.45. The van der Waals surface area contributed by atoms with Crippen LogP contribution in [0.2, 0.25) is 0 Å². The molecule has 34 heavy (non-hydrogen) atoms. The largest absolute Gasteiger partial charge is 0.425 e. The number of rotatable bonds is 5. The van der Waals surface area contributed by atoms with Crippen molar-refractivity contribution in [1.29, 1.82) is 0 Å². The Morgan fingerprint density at radius 2 is 1.88 bits per heavy atom. The van der Waals surface area contributed by atoms with Gasteiger partial charge in [-0.05, 0) is 66.4 Å². The second kappa shape index (κ2) is 7.99. The van der Waals surface area contributed by atoms with E-state index in [1.165, 1.54) is 59.5 Å². The van der Waals surface area contributed by atoms with Crippen molar-refractivity contribution in [3.8, 4) is 5.69 Å². The van der Waals surface area contributed by atoms with Crippen LogP contribution in [0.4, 0.5) is 17.6 Å². The number of halogens is 4. The van der Waals surface area contributed by atoms with Gasteiger partial charge in [0.1, 0.15) is 5.82 Å². The molecule has 0 spiro atoms. The molecular weight excluding hydrogens is 446 g/mol. The minimum absolute atomic E-state index is 0.175. The molecule has 0 aliphatic heterocycles. The highest BCUT2D eigenvalue weighted by Crippen LogP contribution is 2.48. The van der Waals surface area contributed by atoms with Crippen LogP contribution in [0.5, 0.6) is 0 Å². The molecule has 5 rings (SSSR count). The third kappa shape index (κ3) is 3.37. The van der Waals surface area contributed by atoms with Gasteiger partial charge >= 0.3 is 6.18 Å². The summed E-state index contributed by atoms with van der Waals surface area (Å²) < 4.78 is 60.3. The van der Waals surface area contributed by atoms with Gasteiger partial charge in [0.05, 0.1) is 17.4 Å². The number of alkyl halides is 3. The molecule has 0 radical (unpaired) electrons. The first kappa shape index (κ1) is 22.2. The highest BCUT2D eigenvalue weighted by molar-refractivity contribution is 5.81. The lowest BCUT2D eigenvalue weighted by molar-refractivity contribution is -0.248. The van der Waals surface area contributed by atoms with Crippen molar-refractivity contribution in [2.75, 3.05) is 0 Å². The first-order valence-corrected chi connectivity index (χ1v) is 10.8. The van der Waals surface area contributed by atoms with Gasteiger partial charge in [-0.25, -0.2) is 9.07 Å². The molecule has 1 unspecified atom stereocenters. The van der Waals surface area contributed by atoms with E-state index in [-0.39, 0.29) is 11.1 Å². The van der Waals surface area contributed by atoms with Gasteiger partial charge in [-0.2, -0.15) is 18.3 Å². The lowest BCUT2D eigenvalue weighted by Crippen LogP contribution is -2.43. The SMILES string of the molecule is C=CCn1cc(C(O)(c2ccc3c(cnn3-c3ccc(F)cc3)c2)C(F)(F)F)c2c1C=CCC2. The molecule has 2 heterocycles. The van der Waals surface area contributed by atoms with Crippen LogP contribution < -0.4 is 0 Å². The van der Waals surface area contributed by atoms with Crippen LogP contribution in [0.3, 0.4) is 0 Å². The Balaban J connectivity index is 1.68. The lowest BCUT2D eigenvalue weighted by atomic mass is 9.82. The van der Waals surface area contributed by atoms with Gasteiger partial charge in [-0.15, -0.1) is 6.58 Å². The van der Waals surface area contributed by atoms with E-state index in [0.717, 1.165) is 0 Å². The third-order valence-corrected chi connectivity index (χ3v) is 6.25. The molecular formula is C26H21F4N3O. The van der Waals surface area contributed by atoms with Crippen molar-refractivity contribution in [2.24, 2.45) is 0 Å². The van der Waals surface area contributed by atoms with E-state index in [1.807, 2.05) is 6.08 Å². The Kier molecular flexibility index (Phi) is 5.20.